The third kappa shape index (κ3) is 5.50. The summed E-state index contributed by atoms with van der Waals surface area (Å²) in [6.07, 6.45) is 2.11. The number of anilines is 1. The number of hydrogen-bond acceptors (Lipinski definition) is 6. The molecule has 5 rings (SSSR count). The lowest BCUT2D eigenvalue weighted by atomic mass is 9.93. The lowest BCUT2D eigenvalue weighted by molar-refractivity contribution is 0.0600. The van der Waals surface area contributed by atoms with Crippen LogP contribution in [0.15, 0.2) is 88.4 Å². The molecule has 1 aromatic heterocycles. The number of furan rings is 1. The topological polar surface area (TPSA) is 110 Å². The number of methoxy groups -OCH3 is 1. The Kier molecular flexibility index (Phi) is 7.36. The molecule has 39 heavy (non-hydrogen) atoms. The summed E-state index contributed by atoms with van der Waals surface area (Å²) in [7, 11) is 1.31. The predicted molar refractivity (Wildman–Crippen MR) is 148 cm³/mol. The minimum Gasteiger partial charge on any atom is -0.465 e. The van der Waals surface area contributed by atoms with Crippen LogP contribution < -0.4 is 10.7 Å². The van der Waals surface area contributed by atoms with Gasteiger partial charge in [0.2, 0.25) is 0 Å². The molecule has 0 bridgehead atoms. The van der Waals surface area contributed by atoms with Crippen molar-refractivity contribution in [1.82, 2.24) is 5.43 Å². The van der Waals surface area contributed by atoms with E-state index in [1.807, 2.05) is 49.4 Å². The summed E-state index contributed by atoms with van der Waals surface area (Å²) in [5.74, 6) is -0.316. The van der Waals surface area contributed by atoms with E-state index in [0.29, 0.717) is 46.7 Å². The molecule has 4 aromatic rings. The first kappa shape index (κ1) is 25.7. The zero-order valence-electron chi connectivity index (χ0n) is 21.6. The zero-order valence-corrected chi connectivity index (χ0v) is 21.6. The van der Waals surface area contributed by atoms with Crippen LogP contribution in [0.4, 0.5) is 5.69 Å². The Bertz CT molecular complexity index is 1550. The van der Waals surface area contributed by atoms with Gasteiger partial charge >= 0.3 is 5.97 Å². The first-order valence-corrected chi connectivity index (χ1v) is 12.6. The maximum atomic E-state index is 13.0. The Morgan fingerprint density at radius 2 is 1.49 bits per heavy atom. The van der Waals surface area contributed by atoms with E-state index in [-0.39, 0.29) is 11.7 Å². The largest absolute Gasteiger partial charge is 0.465 e. The van der Waals surface area contributed by atoms with Gasteiger partial charge in [0, 0.05) is 28.8 Å². The fraction of sp³-hybridized carbons (Fsp3) is 0.161. The maximum absolute atomic E-state index is 13.0. The molecule has 2 N–H and O–H groups in total. The minimum absolute atomic E-state index is 0.189. The van der Waals surface area contributed by atoms with Crippen molar-refractivity contribution in [2.24, 2.45) is 5.10 Å². The molecule has 8 heteroatoms. The number of amides is 2. The number of benzene rings is 3. The molecule has 0 fully saturated rings. The van der Waals surface area contributed by atoms with Crippen molar-refractivity contribution in [1.29, 1.82) is 0 Å². The monoisotopic (exact) mass is 521 g/mol. The number of carbonyl (C=O) groups excluding carboxylic acids is 3. The summed E-state index contributed by atoms with van der Waals surface area (Å²) in [5.41, 5.74) is 8.25. The third-order valence-electron chi connectivity index (χ3n) is 6.64. The lowest BCUT2D eigenvalue weighted by Crippen LogP contribution is -2.22. The second-order valence-corrected chi connectivity index (χ2v) is 9.17. The van der Waals surface area contributed by atoms with E-state index in [9.17, 15) is 14.4 Å². The average molecular weight is 522 g/mol. The standard InChI is InChI=1S/C31H27N3O5/c1-19-27-25(33-34-29(35)22-13-11-21(12-14-22)20-7-4-3-5-8-20)9-6-10-26(27)39-28(19)30(36)32-24-17-15-23(16-18-24)31(37)38-2/h3-5,7-8,11-18H,6,9-10H2,1-2H3,(H,32,36)(H,34,35)/b33-25+. The zero-order chi connectivity index (χ0) is 27.4. The fourth-order valence-corrected chi connectivity index (χ4v) is 4.62. The molecule has 0 saturated carbocycles. The summed E-state index contributed by atoms with van der Waals surface area (Å²) in [4.78, 5) is 37.4. The van der Waals surface area contributed by atoms with Crippen LogP contribution in [0.25, 0.3) is 11.1 Å². The number of aryl methyl sites for hydroxylation is 1. The summed E-state index contributed by atoms with van der Waals surface area (Å²) in [6, 6.07) is 23.7. The third-order valence-corrected chi connectivity index (χ3v) is 6.64. The van der Waals surface area contributed by atoms with Crippen LogP contribution in [-0.2, 0) is 11.2 Å². The van der Waals surface area contributed by atoms with E-state index in [2.05, 4.69) is 15.8 Å². The number of fused-ring (bicyclic) bond motifs is 1. The molecule has 196 valence electrons. The second kappa shape index (κ2) is 11.2. The molecule has 1 aliphatic rings. The number of rotatable bonds is 6. The quantitative estimate of drug-likeness (QED) is 0.247. The van der Waals surface area contributed by atoms with E-state index in [0.717, 1.165) is 23.1 Å². The smallest absolute Gasteiger partial charge is 0.337 e. The minimum atomic E-state index is -0.453. The highest BCUT2D eigenvalue weighted by atomic mass is 16.5. The summed E-state index contributed by atoms with van der Waals surface area (Å²) in [6.45, 7) is 1.81. The first-order chi connectivity index (χ1) is 18.9. The number of ether oxygens (including phenoxy) is 1. The molecule has 1 heterocycles. The van der Waals surface area contributed by atoms with Crippen molar-refractivity contribution in [3.05, 3.63) is 113 Å². The Morgan fingerprint density at radius 1 is 0.821 bits per heavy atom. The summed E-state index contributed by atoms with van der Waals surface area (Å²) in [5, 5.41) is 7.22. The molecule has 1 aliphatic carbocycles. The van der Waals surface area contributed by atoms with Gasteiger partial charge in [0.05, 0.1) is 18.4 Å². The van der Waals surface area contributed by atoms with Crippen LogP contribution in [0.2, 0.25) is 0 Å². The van der Waals surface area contributed by atoms with Gasteiger partial charge in [-0.2, -0.15) is 5.10 Å². The van der Waals surface area contributed by atoms with Crippen LogP contribution in [0.3, 0.4) is 0 Å². The van der Waals surface area contributed by atoms with Gasteiger partial charge in [-0.15, -0.1) is 0 Å². The number of hydrazone groups is 1. The molecule has 8 nitrogen and oxygen atoms in total. The number of nitrogens with zero attached hydrogens (tertiary/aromatic N) is 1. The van der Waals surface area contributed by atoms with Gasteiger partial charge in [0.15, 0.2) is 5.76 Å². The van der Waals surface area contributed by atoms with Gasteiger partial charge in [0.25, 0.3) is 11.8 Å². The van der Waals surface area contributed by atoms with E-state index in [4.69, 9.17) is 9.15 Å². The Morgan fingerprint density at radius 3 is 2.18 bits per heavy atom. The lowest BCUT2D eigenvalue weighted by Gasteiger charge is -2.13. The Labute approximate surface area is 225 Å². The number of carbonyl (C=O) groups is 3. The van der Waals surface area contributed by atoms with E-state index >= 15 is 0 Å². The SMILES string of the molecule is COC(=O)c1ccc(NC(=O)c2oc3c(c2C)/C(=N/NC(=O)c2ccc(-c4ccccc4)cc2)CCC3)cc1. The summed E-state index contributed by atoms with van der Waals surface area (Å²) < 4.78 is 10.6. The molecule has 2 amide bonds. The first-order valence-electron chi connectivity index (χ1n) is 12.6. The van der Waals surface area contributed by atoms with Gasteiger partial charge in [-0.3, -0.25) is 9.59 Å². The maximum Gasteiger partial charge on any atom is 0.337 e. The number of nitrogens with one attached hydrogen (secondary N) is 2. The molecule has 0 saturated heterocycles. The van der Waals surface area contributed by atoms with Crippen LogP contribution in [-0.4, -0.2) is 30.6 Å². The Balaban J connectivity index is 1.30. The van der Waals surface area contributed by atoms with Gasteiger partial charge in [0.1, 0.15) is 5.76 Å². The van der Waals surface area contributed by atoms with E-state index < -0.39 is 11.9 Å². The molecule has 3 aromatic carbocycles. The molecule has 0 spiro atoms. The van der Waals surface area contributed by atoms with Crippen LogP contribution in [0.1, 0.15) is 61.0 Å². The molecular formula is C31H27N3O5. The van der Waals surface area contributed by atoms with E-state index in [1.165, 1.54) is 7.11 Å². The van der Waals surface area contributed by atoms with Gasteiger partial charge in [-0.25, -0.2) is 10.2 Å². The molecule has 0 atom stereocenters. The van der Waals surface area contributed by atoms with Crippen molar-refractivity contribution >= 4 is 29.2 Å². The molecule has 0 unspecified atom stereocenters. The average Bonchev–Trinajstić information content (AvgIpc) is 3.33. The predicted octanol–water partition coefficient (Wildman–Crippen LogP) is 5.76. The van der Waals surface area contributed by atoms with Crippen molar-refractivity contribution in [2.45, 2.75) is 26.2 Å². The van der Waals surface area contributed by atoms with Crippen molar-refractivity contribution < 1.29 is 23.5 Å². The van der Waals surface area contributed by atoms with Gasteiger partial charge in [-0.05, 0) is 67.3 Å². The summed E-state index contributed by atoms with van der Waals surface area (Å²) >= 11 is 0. The normalized spacial score (nSPS) is 13.4. The second-order valence-electron chi connectivity index (χ2n) is 9.17. The Hall–Kier alpha value is -4.98. The van der Waals surface area contributed by atoms with Gasteiger partial charge in [-0.1, -0.05) is 42.5 Å². The van der Waals surface area contributed by atoms with Crippen molar-refractivity contribution in [3.8, 4) is 11.1 Å². The number of esters is 1. The van der Waals surface area contributed by atoms with Crippen molar-refractivity contribution in [3.63, 3.8) is 0 Å². The van der Waals surface area contributed by atoms with Crippen LogP contribution >= 0.6 is 0 Å². The van der Waals surface area contributed by atoms with Gasteiger partial charge < -0.3 is 14.5 Å². The highest BCUT2D eigenvalue weighted by molar-refractivity contribution is 6.09. The highest BCUT2D eigenvalue weighted by Crippen LogP contribution is 2.30. The molecule has 0 aliphatic heterocycles. The van der Waals surface area contributed by atoms with Crippen molar-refractivity contribution in [2.75, 3.05) is 12.4 Å². The molecular weight excluding hydrogens is 494 g/mol. The van der Waals surface area contributed by atoms with E-state index in [1.54, 1.807) is 36.4 Å². The molecule has 0 radical (unpaired) electrons. The fourth-order valence-electron chi connectivity index (χ4n) is 4.62. The van der Waals surface area contributed by atoms with Crippen LogP contribution in [0.5, 0.6) is 0 Å². The number of hydrogen-bond donors (Lipinski definition) is 2. The highest BCUT2D eigenvalue weighted by Gasteiger charge is 2.28. The van der Waals surface area contributed by atoms with Crippen LogP contribution in [0, 0.1) is 6.92 Å².